The molecular weight excluding hydrogens is 268 g/mol. The van der Waals surface area contributed by atoms with Crippen molar-refractivity contribution in [3.05, 3.63) is 39.9 Å². The molecule has 106 valence electrons. The van der Waals surface area contributed by atoms with Crippen LogP contribution in [0.2, 0.25) is 0 Å². The van der Waals surface area contributed by atoms with E-state index in [1.807, 2.05) is 11.9 Å². The molecule has 0 aliphatic rings. The molecule has 1 aromatic heterocycles. The van der Waals surface area contributed by atoms with E-state index >= 15 is 0 Å². The molecule has 2 aromatic rings. The summed E-state index contributed by atoms with van der Waals surface area (Å²) in [7, 11) is 1.99. The Morgan fingerprint density at radius 1 is 1.20 bits per heavy atom. The maximum absolute atomic E-state index is 11.2. The highest BCUT2D eigenvalue weighted by Gasteiger charge is 2.17. The molecule has 0 bridgehead atoms. The molecule has 3 nitrogen and oxygen atoms in total. The molecule has 2 rings (SSSR count). The number of hydrogen-bond donors (Lipinski definition) is 0. The van der Waals surface area contributed by atoms with E-state index in [0.717, 1.165) is 27.7 Å². The number of thiazole rings is 1. The smallest absolute Gasteiger partial charge is 0.190 e. The Balaban J connectivity index is 2.42. The molecule has 0 fully saturated rings. The van der Waals surface area contributed by atoms with Gasteiger partial charge in [0.1, 0.15) is 0 Å². The number of carbonyl (C=O) groups excluding carboxylic acids is 1. The molecule has 0 saturated heterocycles. The summed E-state index contributed by atoms with van der Waals surface area (Å²) < 4.78 is 0. The maximum atomic E-state index is 11.2. The van der Waals surface area contributed by atoms with Gasteiger partial charge in [0.25, 0.3) is 0 Å². The van der Waals surface area contributed by atoms with Crippen LogP contribution in [0.5, 0.6) is 0 Å². The van der Waals surface area contributed by atoms with E-state index in [1.165, 1.54) is 22.5 Å². The minimum atomic E-state index is 0.257. The molecule has 0 saturated carbocycles. The Labute approximate surface area is 124 Å². The third kappa shape index (κ3) is 2.90. The zero-order valence-electron chi connectivity index (χ0n) is 12.6. The van der Waals surface area contributed by atoms with E-state index < -0.39 is 0 Å². The Morgan fingerprint density at radius 2 is 1.80 bits per heavy atom. The third-order valence-corrected chi connectivity index (χ3v) is 4.28. The van der Waals surface area contributed by atoms with Crippen LogP contribution in [-0.4, -0.2) is 18.3 Å². The lowest BCUT2D eigenvalue weighted by atomic mass is 10.1. The molecule has 0 amide bonds. The summed E-state index contributed by atoms with van der Waals surface area (Å²) in [6.45, 7) is 8.29. The fourth-order valence-corrected chi connectivity index (χ4v) is 3.24. The van der Waals surface area contributed by atoms with E-state index in [4.69, 9.17) is 0 Å². The first-order valence-electron chi connectivity index (χ1n) is 6.70. The SMILES string of the molecule is Cc1cc(C)cc(N(C)c2nc(C(C)C)c(C=O)s2)c1. The Kier molecular flexibility index (Phi) is 4.23. The second-order valence-electron chi connectivity index (χ2n) is 5.42. The molecule has 1 heterocycles. The number of aldehydes is 1. The van der Waals surface area contributed by atoms with Crippen LogP contribution in [0.25, 0.3) is 0 Å². The lowest BCUT2D eigenvalue weighted by Crippen LogP contribution is -2.09. The second kappa shape index (κ2) is 5.75. The van der Waals surface area contributed by atoms with Gasteiger partial charge in [-0.05, 0) is 43.0 Å². The second-order valence-corrected chi connectivity index (χ2v) is 6.43. The van der Waals surface area contributed by atoms with Crippen molar-refractivity contribution in [2.75, 3.05) is 11.9 Å². The van der Waals surface area contributed by atoms with Gasteiger partial charge in [-0.3, -0.25) is 4.79 Å². The highest BCUT2D eigenvalue weighted by atomic mass is 32.1. The van der Waals surface area contributed by atoms with Crippen molar-refractivity contribution in [1.29, 1.82) is 0 Å². The number of rotatable bonds is 4. The topological polar surface area (TPSA) is 33.2 Å². The number of hydrogen-bond acceptors (Lipinski definition) is 4. The molecule has 0 atom stereocenters. The first-order chi connectivity index (χ1) is 9.42. The fraction of sp³-hybridized carbons (Fsp3) is 0.375. The van der Waals surface area contributed by atoms with Gasteiger partial charge < -0.3 is 4.90 Å². The predicted molar refractivity (Wildman–Crippen MR) is 85.6 cm³/mol. The molecule has 4 heteroatoms. The van der Waals surface area contributed by atoms with Crippen LogP contribution in [0.1, 0.15) is 46.3 Å². The summed E-state index contributed by atoms with van der Waals surface area (Å²) in [4.78, 5) is 18.6. The monoisotopic (exact) mass is 288 g/mol. The minimum absolute atomic E-state index is 0.257. The van der Waals surface area contributed by atoms with Crippen molar-refractivity contribution >= 4 is 28.4 Å². The molecule has 20 heavy (non-hydrogen) atoms. The molecular formula is C16H20N2OS. The zero-order valence-corrected chi connectivity index (χ0v) is 13.4. The van der Waals surface area contributed by atoms with Gasteiger partial charge in [0.2, 0.25) is 0 Å². The maximum Gasteiger partial charge on any atom is 0.190 e. The Bertz CT molecular complexity index is 611. The Hall–Kier alpha value is -1.68. The van der Waals surface area contributed by atoms with Gasteiger partial charge in [-0.15, -0.1) is 0 Å². The lowest BCUT2D eigenvalue weighted by Gasteiger charge is -2.17. The number of anilines is 2. The van der Waals surface area contributed by atoms with Crippen LogP contribution in [0, 0.1) is 13.8 Å². The van der Waals surface area contributed by atoms with Gasteiger partial charge in [0, 0.05) is 12.7 Å². The summed E-state index contributed by atoms with van der Waals surface area (Å²) in [5, 5.41) is 0.862. The van der Waals surface area contributed by atoms with Crippen LogP contribution < -0.4 is 4.90 Å². The van der Waals surface area contributed by atoms with Crippen LogP contribution in [0.3, 0.4) is 0 Å². The molecule has 0 unspecified atom stereocenters. The third-order valence-electron chi connectivity index (χ3n) is 3.20. The number of carbonyl (C=O) groups is 1. The molecule has 0 N–H and O–H groups in total. The average Bonchev–Trinajstić information content (AvgIpc) is 2.80. The van der Waals surface area contributed by atoms with Crippen LogP contribution in [-0.2, 0) is 0 Å². The van der Waals surface area contributed by atoms with Gasteiger partial charge >= 0.3 is 0 Å². The normalized spacial score (nSPS) is 10.9. The van der Waals surface area contributed by atoms with Crippen molar-refractivity contribution < 1.29 is 4.79 Å². The quantitative estimate of drug-likeness (QED) is 0.779. The lowest BCUT2D eigenvalue weighted by molar-refractivity contribution is 0.112. The molecule has 0 radical (unpaired) electrons. The summed E-state index contributed by atoms with van der Waals surface area (Å²) >= 11 is 1.45. The minimum Gasteiger partial charge on any atom is -0.321 e. The summed E-state index contributed by atoms with van der Waals surface area (Å²) in [5.41, 5.74) is 4.44. The van der Waals surface area contributed by atoms with E-state index in [1.54, 1.807) is 0 Å². The molecule has 0 aliphatic carbocycles. The van der Waals surface area contributed by atoms with E-state index in [9.17, 15) is 4.79 Å². The van der Waals surface area contributed by atoms with E-state index in [2.05, 4.69) is 50.9 Å². The molecule has 0 aliphatic heterocycles. The van der Waals surface area contributed by atoms with E-state index in [-0.39, 0.29) is 5.92 Å². The fourth-order valence-electron chi connectivity index (χ4n) is 2.23. The first-order valence-corrected chi connectivity index (χ1v) is 7.52. The summed E-state index contributed by atoms with van der Waals surface area (Å²) in [6.07, 6.45) is 0.909. The highest BCUT2D eigenvalue weighted by Crippen LogP contribution is 2.33. The number of aromatic nitrogens is 1. The van der Waals surface area contributed by atoms with Crippen molar-refractivity contribution in [3.8, 4) is 0 Å². The first kappa shape index (κ1) is 14.7. The summed E-state index contributed by atoms with van der Waals surface area (Å²) in [5.74, 6) is 0.257. The van der Waals surface area contributed by atoms with Crippen molar-refractivity contribution in [1.82, 2.24) is 4.98 Å². The van der Waals surface area contributed by atoms with Crippen molar-refractivity contribution in [2.45, 2.75) is 33.6 Å². The predicted octanol–water partition coefficient (Wildman–Crippen LogP) is 4.46. The van der Waals surface area contributed by atoms with Gasteiger partial charge in [-0.2, -0.15) is 0 Å². The van der Waals surface area contributed by atoms with Crippen LogP contribution >= 0.6 is 11.3 Å². The van der Waals surface area contributed by atoms with Gasteiger partial charge in [-0.25, -0.2) is 4.98 Å². The number of nitrogens with zero attached hydrogens (tertiary/aromatic N) is 2. The molecule has 0 spiro atoms. The van der Waals surface area contributed by atoms with E-state index in [0.29, 0.717) is 0 Å². The van der Waals surface area contributed by atoms with Gasteiger partial charge in [0.15, 0.2) is 11.4 Å². The standard InChI is InChI=1S/C16H20N2OS/c1-10(2)15-14(9-19)20-16(17-15)18(5)13-7-11(3)6-12(4)8-13/h6-10H,1-5H3. The average molecular weight is 288 g/mol. The highest BCUT2D eigenvalue weighted by molar-refractivity contribution is 7.17. The van der Waals surface area contributed by atoms with Crippen LogP contribution in [0.4, 0.5) is 10.8 Å². The number of aryl methyl sites for hydroxylation is 2. The number of benzene rings is 1. The summed E-state index contributed by atoms with van der Waals surface area (Å²) in [6, 6.07) is 6.41. The van der Waals surface area contributed by atoms with Crippen LogP contribution in [0.15, 0.2) is 18.2 Å². The Morgan fingerprint density at radius 3 is 2.25 bits per heavy atom. The zero-order chi connectivity index (χ0) is 14.9. The van der Waals surface area contributed by atoms with Crippen molar-refractivity contribution in [2.24, 2.45) is 0 Å². The molecule has 1 aromatic carbocycles. The van der Waals surface area contributed by atoms with Crippen molar-refractivity contribution in [3.63, 3.8) is 0 Å². The van der Waals surface area contributed by atoms with Gasteiger partial charge in [0.05, 0.1) is 10.6 Å². The largest absolute Gasteiger partial charge is 0.321 e. The van der Waals surface area contributed by atoms with Gasteiger partial charge in [-0.1, -0.05) is 31.3 Å².